The first-order valence-corrected chi connectivity index (χ1v) is 9.75. The molecule has 28 heavy (non-hydrogen) atoms. The number of aryl methyl sites for hydroxylation is 2. The van der Waals surface area contributed by atoms with E-state index in [4.69, 9.17) is 0 Å². The smallest absolute Gasteiger partial charge is 0.262 e. The van der Waals surface area contributed by atoms with E-state index in [1.807, 2.05) is 68.4 Å². The Hall–Kier alpha value is -3.25. The Labute approximate surface area is 166 Å². The number of nitrogens with one attached hydrogen (secondary N) is 1. The van der Waals surface area contributed by atoms with Gasteiger partial charge in [-0.2, -0.15) is 0 Å². The molecule has 2 aromatic heterocycles. The van der Waals surface area contributed by atoms with Crippen LogP contribution >= 0.6 is 11.3 Å². The Morgan fingerprint density at radius 1 is 1.04 bits per heavy atom. The van der Waals surface area contributed by atoms with Crippen molar-refractivity contribution in [2.75, 3.05) is 5.32 Å². The van der Waals surface area contributed by atoms with Gasteiger partial charge in [0.05, 0.1) is 11.7 Å². The maximum atomic E-state index is 12.7. The maximum absolute atomic E-state index is 12.7. The zero-order chi connectivity index (χ0) is 19.7. The van der Waals surface area contributed by atoms with Crippen molar-refractivity contribution in [1.82, 2.24) is 9.55 Å². The van der Waals surface area contributed by atoms with Crippen LogP contribution in [0.1, 0.15) is 10.4 Å². The Kier molecular flexibility index (Phi) is 4.79. The van der Waals surface area contributed by atoms with Crippen LogP contribution in [0.4, 0.5) is 5.69 Å². The van der Waals surface area contributed by atoms with Gasteiger partial charge in [0.25, 0.3) is 5.56 Å². The van der Waals surface area contributed by atoms with Crippen LogP contribution in [0.25, 0.3) is 21.3 Å². The highest BCUT2D eigenvalue weighted by Gasteiger charge is 2.13. The average Bonchev–Trinajstić information content (AvgIpc) is 3.00. The highest BCUT2D eigenvalue weighted by atomic mass is 32.1. The van der Waals surface area contributed by atoms with Gasteiger partial charge < -0.3 is 5.32 Å². The fraction of sp³-hybridized carbons (Fsp3) is 0.136. The van der Waals surface area contributed by atoms with E-state index in [-0.39, 0.29) is 18.0 Å². The molecular weight excluding hydrogens is 370 g/mol. The first-order chi connectivity index (χ1) is 13.5. The number of thiophene rings is 1. The second-order valence-electron chi connectivity index (χ2n) is 6.63. The molecule has 0 aliphatic carbocycles. The van der Waals surface area contributed by atoms with E-state index in [9.17, 15) is 9.59 Å². The summed E-state index contributed by atoms with van der Waals surface area (Å²) in [5, 5.41) is 3.44. The lowest BCUT2D eigenvalue weighted by molar-refractivity contribution is -0.116. The van der Waals surface area contributed by atoms with E-state index in [2.05, 4.69) is 10.3 Å². The molecule has 4 aromatic rings. The number of amides is 1. The van der Waals surface area contributed by atoms with E-state index < -0.39 is 0 Å². The summed E-state index contributed by atoms with van der Waals surface area (Å²) < 4.78 is 1.36. The van der Waals surface area contributed by atoms with Gasteiger partial charge in [-0.05, 0) is 42.7 Å². The Morgan fingerprint density at radius 3 is 2.43 bits per heavy atom. The lowest BCUT2D eigenvalue weighted by atomic mass is 10.1. The summed E-state index contributed by atoms with van der Waals surface area (Å²) in [7, 11) is 0. The lowest BCUT2D eigenvalue weighted by Crippen LogP contribution is -2.27. The minimum absolute atomic E-state index is 0.0729. The molecule has 1 N–H and O–H groups in total. The molecule has 0 atom stereocenters. The molecule has 4 rings (SSSR count). The van der Waals surface area contributed by atoms with E-state index in [0.29, 0.717) is 15.9 Å². The van der Waals surface area contributed by atoms with Gasteiger partial charge in [-0.3, -0.25) is 14.2 Å². The quantitative estimate of drug-likeness (QED) is 0.563. The van der Waals surface area contributed by atoms with Gasteiger partial charge in [0.15, 0.2) is 0 Å². The molecule has 6 heteroatoms. The van der Waals surface area contributed by atoms with E-state index in [1.165, 1.54) is 22.2 Å². The first kappa shape index (κ1) is 18.1. The van der Waals surface area contributed by atoms with Gasteiger partial charge in [-0.15, -0.1) is 11.3 Å². The lowest BCUT2D eigenvalue weighted by Gasteiger charge is -2.08. The van der Waals surface area contributed by atoms with Gasteiger partial charge in [-0.25, -0.2) is 4.98 Å². The number of nitrogens with zero attached hydrogens (tertiary/aromatic N) is 2. The van der Waals surface area contributed by atoms with Crippen LogP contribution in [-0.4, -0.2) is 15.5 Å². The number of carbonyl (C=O) groups is 1. The largest absolute Gasteiger partial charge is 0.325 e. The molecule has 140 valence electrons. The van der Waals surface area contributed by atoms with Crippen LogP contribution in [0.15, 0.2) is 65.7 Å². The molecule has 0 saturated carbocycles. The predicted octanol–water partition coefficient (Wildman–Crippen LogP) is 4.38. The summed E-state index contributed by atoms with van der Waals surface area (Å²) in [5.74, 6) is -0.264. The third kappa shape index (κ3) is 3.46. The van der Waals surface area contributed by atoms with Crippen molar-refractivity contribution in [3.05, 3.63) is 81.7 Å². The molecular formula is C22H19N3O2S. The summed E-state index contributed by atoms with van der Waals surface area (Å²) >= 11 is 1.50. The third-order valence-electron chi connectivity index (χ3n) is 4.75. The third-order valence-corrected chi connectivity index (χ3v) is 5.86. The number of anilines is 1. The number of fused-ring (bicyclic) bond motifs is 1. The van der Waals surface area contributed by atoms with Crippen LogP contribution in [0.3, 0.4) is 0 Å². The fourth-order valence-electron chi connectivity index (χ4n) is 3.11. The number of benzene rings is 2. The van der Waals surface area contributed by atoms with Gasteiger partial charge in [0.2, 0.25) is 5.91 Å². The number of hydrogen-bond acceptors (Lipinski definition) is 4. The minimum atomic E-state index is -0.264. The van der Waals surface area contributed by atoms with Crippen molar-refractivity contribution in [3.63, 3.8) is 0 Å². The van der Waals surface area contributed by atoms with Crippen LogP contribution in [0.5, 0.6) is 0 Å². The van der Waals surface area contributed by atoms with Crippen LogP contribution in [0, 0.1) is 13.8 Å². The zero-order valence-electron chi connectivity index (χ0n) is 15.6. The fourth-order valence-corrected chi connectivity index (χ4v) is 4.10. The molecule has 0 aliphatic heterocycles. The maximum Gasteiger partial charge on any atom is 0.262 e. The highest BCUT2D eigenvalue weighted by molar-refractivity contribution is 7.18. The number of carbonyl (C=O) groups excluding carboxylic acids is 1. The monoisotopic (exact) mass is 389 g/mol. The first-order valence-electron chi connectivity index (χ1n) is 8.93. The molecule has 2 aromatic carbocycles. The summed E-state index contributed by atoms with van der Waals surface area (Å²) in [6.45, 7) is 3.81. The van der Waals surface area contributed by atoms with Crippen molar-refractivity contribution in [2.24, 2.45) is 0 Å². The van der Waals surface area contributed by atoms with Crippen molar-refractivity contribution < 1.29 is 4.79 Å². The molecule has 0 aliphatic rings. The van der Waals surface area contributed by atoms with Crippen LogP contribution in [-0.2, 0) is 11.3 Å². The van der Waals surface area contributed by atoms with E-state index >= 15 is 0 Å². The molecule has 0 unspecified atom stereocenters. The zero-order valence-corrected chi connectivity index (χ0v) is 16.4. The molecule has 2 heterocycles. The Balaban J connectivity index is 1.50. The second-order valence-corrected chi connectivity index (χ2v) is 7.84. The Bertz CT molecular complexity index is 1210. The topological polar surface area (TPSA) is 64.0 Å². The van der Waals surface area contributed by atoms with Crippen molar-refractivity contribution >= 4 is 33.1 Å². The predicted molar refractivity (Wildman–Crippen MR) is 114 cm³/mol. The average molecular weight is 389 g/mol. The van der Waals surface area contributed by atoms with Gasteiger partial charge in [0.1, 0.15) is 11.4 Å². The normalized spacial score (nSPS) is 10.9. The number of rotatable bonds is 4. The van der Waals surface area contributed by atoms with Crippen LogP contribution in [0.2, 0.25) is 0 Å². The van der Waals surface area contributed by atoms with Gasteiger partial charge >= 0.3 is 0 Å². The molecule has 0 saturated heterocycles. The number of aromatic nitrogens is 2. The molecule has 5 nitrogen and oxygen atoms in total. The molecule has 0 bridgehead atoms. The SMILES string of the molecule is Cc1sc2ncn(CC(=O)Nc3ccc(-c4ccccc4)cc3)c(=O)c2c1C. The molecule has 1 amide bonds. The minimum Gasteiger partial charge on any atom is -0.325 e. The summed E-state index contributed by atoms with van der Waals surface area (Å²) in [6.07, 6.45) is 1.44. The van der Waals surface area contributed by atoms with Crippen LogP contribution < -0.4 is 10.9 Å². The number of hydrogen-bond donors (Lipinski definition) is 1. The highest BCUT2D eigenvalue weighted by Crippen LogP contribution is 2.25. The molecule has 0 radical (unpaired) electrons. The van der Waals surface area contributed by atoms with Gasteiger partial charge in [0, 0.05) is 10.6 Å². The standard InChI is InChI=1S/C22H19N3O2S/c1-14-15(2)28-21-20(14)22(27)25(13-23-21)12-19(26)24-18-10-8-17(9-11-18)16-6-4-3-5-7-16/h3-11,13H,12H2,1-2H3,(H,24,26). The van der Waals surface area contributed by atoms with Crippen molar-refractivity contribution in [2.45, 2.75) is 20.4 Å². The van der Waals surface area contributed by atoms with Crippen molar-refractivity contribution in [1.29, 1.82) is 0 Å². The summed E-state index contributed by atoms with van der Waals surface area (Å²) in [4.78, 5) is 31.2. The van der Waals surface area contributed by atoms with Gasteiger partial charge in [-0.1, -0.05) is 42.5 Å². The molecule has 0 spiro atoms. The summed E-state index contributed by atoms with van der Waals surface area (Å²) in [5.41, 5.74) is 3.64. The van der Waals surface area contributed by atoms with Crippen molar-refractivity contribution in [3.8, 4) is 11.1 Å². The second kappa shape index (κ2) is 7.40. The Morgan fingerprint density at radius 2 is 1.71 bits per heavy atom. The van der Waals surface area contributed by atoms with E-state index in [1.54, 1.807) is 0 Å². The summed E-state index contributed by atoms with van der Waals surface area (Å²) in [6, 6.07) is 17.7. The van der Waals surface area contributed by atoms with E-state index in [0.717, 1.165) is 21.6 Å². The molecule has 0 fully saturated rings.